The zero-order chi connectivity index (χ0) is 16.1. The maximum atomic E-state index is 12.1. The largest absolute Gasteiger partial charge is 0.645 e. The van der Waals surface area contributed by atoms with Gasteiger partial charge in [0.2, 0.25) is 11.8 Å². The van der Waals surface area contributed by atoms with Gasteiger partial charge in [0.1, 0.15) is 0 Å². The zero-order valence-corrected chi connectivity index (χ0v) is 13.1. The molecule has 2 aromatic rings. The molecule has 4 heteroatoms. The molecular formula is C19H20NO3+. The highest BCUT2D eigenvalue weighted by molar-refractivity contribution is 5.68. The fourth-order valence-corrected chi connectivity index (χ4v) is 2.74. The number of carbonyl (C=O) groups excluding carboxylic acids is 1. The molecule has 4 nitrogen and oxygen atoms in total. The topological polar surface area (TPSA) is 38.5 Å². The Bertz CT molecular complexity index is 656. The van der Waals surface area contributed by atoms with E-state index >= 15 is 0 Å². The Balaban J connectivity index is 1.93. The molecule has 0 radical (unpaired) electrons. The lowest BCUT2D eigenvalue weighted by molar-refractivity contribution is -0.732. The molecular weight excluding hydrogens is 290 g/mol. The van der Waals surface area contributed by atoms with E-state index in [9.17, 15) is 4.79 Å². The predicted molar refractivity (Wildman–Crippen MR) is 87.3 cm³/mol. The minimum absolute atomic E-state index is 0.385. The molecule has 0 fully saturated rings. The number of benzene rings is 2. The third-order valence-electron chi connectivity index (χ3n) is 3.89. The van der Waals surface area contributed by atoms with Crippen LogP contribution in [0.1, 0.15) is 30.9 Å². The van der Waals surface area contributed by atoms with E-state index in [4.69, 9.17) is 9.57 Å². The lowest BCUT2D eigenvalue weighted by atomic mass is 9.84. The quantitative estimate of drug-likeness (QED) is 0.804. The van der Waals surface area contributed by atoms with E-state index in [1.807, 2.05) is 67.6 Å². The Morgan fingerprint density at radius 1 is 1.09 bits per heavy atom. The first-order valence-electron chi connectivity index (χ1n) is 7.86. The van der Waals surface area contributed by atoms with Crippen molar-refractivity contribution in [2.24, 2.45) is 0 Å². The van der Waals surface area contributed by atoms with Gasteiger partial charge in [0.25, 0.3) is 0 Å². The van der Waals surface area contributed by atoms with Gasteiger partial charge in [-0.05, 0) is 6.42 Å². The summed E-state index contributed by atoms with van der Waals surface area (Å²) in [5, 5.41) is 0. The van der Waals surface area contributed by atoms with Gasteiger partial charge in [-0.2, -0.15) is 4.79 Å². The minimum Gasteiger partial charge on any atom is -0.409 e. The highest BCUT2D eigenvalue weighted by Crippen LogP contribution is 2.39. The highest BCUT2D eigenvalue weighted by Gasteiger charge is 2.49. The van der Waals surface area contributed by atoms with Crippen LogP contribution in [0.4, 0.5) is 4.79 Å². The third-order valence-corrected chi connectivity index (χ3v) is 3.89. The summed E-state index contributed by atoms with van der Waals surface area (Å²) in [6, 6.07) is 19.9. The average molecular weight is 310 g/mol. The predicted octanol–water partition coefficient (Wildman–Crippen LogP) is 3.90. The van der Waals surface area contributed by atoms with Crippen molar-refractivity contribution in [3.63, 3.8) is 0 Å². The minimum atomic E-state index is -0.701. The molecule has 3 rings (SSSR count). The lowest BCUT2D eigenvalue weighted by Gasteiger charge is -2.24. The number of hydrogen-bond acceptors (Lipinski definition) is 3. The molecule has 118 valence electrons. The average Bonchev–Trinajstić information content (AvgIpc) is 3.08. The normalized spacial score (nSPS) is 15.6. The van der Waals surface area contributed by atoms with E-state index < -0.39 is 11.7 Å². The second-order valence-electron chi connectivity index (χ2n) is 5.48. The summed E-state index contributed by atoms with van der Waals surface area (Å²) in [5.74, 6) is 0. The Morgan fingerprint density at radius 3 is 2.17 bits per heavy atom. The van der Waals surface area contributed by atoms with Crippen LogP contribution < -0.4 is 0 Å². The summed E-state index contributed by atoms with van der Waals surface area (Å²) < 4.78 is 6.39. The first-order valence-corrected chi connectivity index (χ1v) is 7.86. The maximum Gasteiger partial charge on any atom is 0.645 e. The number of amides is 1. The Labute approximate surface area is 135 Å². The lowest BCUT2D eigenvalue weighted by Crippen LogP contribution is -2.31. The molecule has 0 saturated carbocycles. The summed E-state index contributed by atoms with van der Waals surface area (Å²) in [7, 11) is 0. The van der Waals surface area contributed by atoms with Crippen molar-refractivity contribution in [3.05, 3.63) is 71.8 Å². The van der Waals surface area contributed by atoms with Gasteiger partial charge in [-0.25, -0.2) is 4.84 Å². The molecule has 0 bridgehead atoms. The van der Waals surface area contributed by atoms with E-state index in [1.54, 1.807) is 6.21 Å². The SMILES string of the molecule is CCCOC(=O)[N+]1=CCC(c2ccccc2)(c2ccccc2)O1. The van der Waals surface area contributed by atoms with Crippen LogP contribution in [0.3, 0.4) is 0 Å². The third kappa shape index (κ3) is 2.97. The van der Waals surface area contributed by atoms with Crippen molar-refractivity contribution in [3.8, 4) is 0 Å². The van der Waals surface area contributed by atoms with Gasteiger partial charge < -0.3 is 4.74 Å². The van der Waals surface area contributed by atoms with Crippen molar-refractivity contribution in [2.75, 3.05) is 6.61 Å². The van der Waals surface area contributed by atoms with Gasteiger partial charge in [0, 0.05) is 11.1 Å². The molecule has 0 saturated heterocycles. The summed E-state index contributed by atoms with van der Waals surface area (Å²) in [5.41, 5.74) is 1.31. The van der Waals surface area contributed by atoms with Crippen molar-refractivity contribution in [2.45, 2.75) is 25.4 Å². The van der Waals surface area contributed by atoms with Gasteiger partial charge in [0.05, 0.1) is 17.8 Å². The summed E-state index contributed by atoms with van der Waals surface area (Å²) in [6.45, 7) is 2.34. The monoisotopic (exact) mass is 310 g/mol. The van der Waals surface area contributed by atoms with E-state index in [2.05, 4.69) is 0 Å². The number of rotatable bonds is 4. The number of ether oxygens (including phenoxy) is 1. The number of hydroxylamine groups is 1. The van der Waals surface area contributed by atoms with Crippen LogP contribution >= 0.6 is 0 Å². The van der Waals surface area contributed by atoms with Crippen molar-refractivity contribution >= 4 is 12.3 Å². The van der Waals surface area contributed by atoms with Crippen LogP contribution in [0, 0.1) is 0 Å². The van der Waals surface area contributed by atoms with Crippen LogP contribution in [-0.2, 0) is 15.2 Å². The summed E-state index contributed by atoms with van der Waals surface area (Å²) in [4.78, 5) is 18.2. The maximum absolute atomic E-state index is 12.1. The number of nitrogens with zero attached hydrogens (tertiary/aromatic N) is 1. The van der Waals surface area contributed by atoms with E-state index in [0.717, 1.165) is 17.5 Å². The standard InChI is InChI=1S/C19H20NO3/c1-2-15-22-18(21)20-14-13-19(23-20,16-9-5-3-6-10-16)17-11-7-4-8-12-17/h3-12,14H,2,13,15H2,1H3/q+1. The fourth-order valence-electron chi connectivity index (χ4n) is 2.74. The van der Waals surface area contributed by atoms with Gasteiger partial charge in [0.15, 0.2) is 0 Å². The molecule has 1 heterocycles. The van der Waals surface area contributed by atoms with Gasteiger partial charge in [-0.1, -0.05) is 67.6 Å². The van der Waals surface area contributed by atoms with Crippen LogP contribution in [0.5, 0.6) is 0 Å². The first kappa shape index (κ1) is 15.3. The molecule has 23 heavy (non-hydrogen) atoms. The summed E-state index contributed by atoms with van der Waals surface area (Å²) in [6.07, 6.45) is 2.63. The van der Waals surface area contributed by atoms with Crippen molar-refractivity contribution in [1.29, 1.82) is 0 Å². The van der Waals surface area contributed by atoms with Gasteiger partial charge >= 0.3 is 6.09 Å². The van der Waals surface area contributed by atoms with Crippen molar-refractivity contribution in [1.82, 2.24) is 0 Å². The molecule has 0 N–H and O–H groups in total. The molecule has 1 aliphatic heterocycles. The van der Waals surface area contributed by atoms with Crippen LogP contribution in [-0.4, -0.2) is 23.7 Å². The smallest absolute Gasteiger partial charge is 0.409 e. The Kier molecular flexibility index (Phi) is 4.42. The molecule has 0 unspecified atom stereocenters. The molecule has 0 aliphatic carbocycles. The molecule has 0 atom stereocenters. The molecule has 1 aliphatic rings. The van der Waals surface area contributed by atoms with Crippen LogP contribution in [0.25, 0.3) is 0 Å². The fraction of sp³-hybridized carbons (Fsp3) is 0.263. The van der Waals surface area contributed by atoms with Gasteiger partial charge in [-0.3, -0.25) is 0 Å². The zero-order valence-electron chi connectivity index (χ0n) is 13.1. The highest BCUT2D eigenvalue weighted by atomic mass is 16.7. The molecule has 1 amide bonds. The van der Waals surface area contributed by atoms with Crippen molar-refractivity contribution < 1.29 is 19.1 Å². The van der Waals surface area contributed by atoms with Crippen LogP contribution in [0.15, 0.2) is 60.7 Å². The molecule has 0 spiro atoms. The second-order valence-corrected chi connectivity index (χ2v) is 5.48. The number of hydrogen-bond donors (Lipinski definition) is 0. The molecule has 0 aromatic heterocycles. The van der Waals surface area contributed by atoms with E-state index in [1.165, 1.54) is 4.74 Å². The Morgan fingerprint density at radius 2 is 1.65 bits per heavy atom. The van der Waals surface area contributed by atoms with Crippen LogP contribution in [0.2, 0.25) is 0 Å². The molecule has 2 aromatic carbocycles. The van der Waals surface area contributed by atoms with E-state index in [0.29, 0.717) is 13.0 Å². The van der Waals surface area contributed by atoms with Gasteiger partial charge in [-0.15, -0.1) is 0 Å². The number of carbonyl (C=O) groups is 1. The summed E-state index contributed by atoms with van der Waals surface area (Å²) >= 11 is 0. The first-order chi connectivity index (χ1) is 11.3. The second kappa shape index (κ2) is 6.65. The van der Waals surface area contributed by atoms with E-state index in [-0.39, 0.29) is 0 Å². The Hall–Kier alpha value is -2.62.